The normalized spacial score (nSPS) is 19.0. The summed E-state index contributed by atoms with van der Waals surface area (Å²) in [6.07, 6.45) is -9.45. The van der Waals surface area contributed by atoms with Gasteiger partial charge >= 0.3 is 18.3 Å². The Labute approximate surface area is 195 Å². The molecule has 0 radical (unpaired) electrons. The van der Waals surface area contributed by atoms with Gasteiger partial charge in [-0.05, 0) is 35.4 Å². The van der Waals surface area contributed by atoms with E-state index in [4.69, 9.17) is 19.4 Å². The van der Waals surface area contributed by atoms with Gasteiger partial charge < -0.3 is 25.2 Å². The van der Waals surface area contributed by atoms with E-state index in [-0.39, 0.29) is 24.5 Å². The minimum Gasteiger partial charge on any atom is -0.475 e. The van der Waals surface area contributed by atoms with Gasteiger partial charge in [-0.3, -0.25) is 4.79 Å². The maximum absolute atomic E-state index is 12.8. The van der Waals surface area contributed by atoms with E-state index in [1.54, 1.807) is 6.07 Å². The van der Waals surface area contributed by atoms with Crippen LogP contribution in [0.25, 0.3) is 0 Å². The standard InChI is InChI=1S/C20H19F3N2O3.C2HF3O2/c21-20(22,23)14-4-2-13(3-5-14)15-9-24-10-16(15)19(26)25-8-12-1-6-17-18(7-12)28-11-27-17;3-2(4,5)1(6)7/h1-7,15-16,24H,8-11H2,(H,25,26);(H,6,7). The molecule has 190 valence electrons. The van der Waals surface area contributed by atoms with E-state index < -0.39 is 23.9 Å². The summed E-state index contributed by atoms with van der Waals surface area (Å²) < 4.78 is 80.6. The second-order valence-corrected chi connectivity index (χ2v) is 7.70. The lowest BCUT2D eigenvalue weighted by atomic mass is 9.88. The monoisotopic (exact) mass is 506 g/mol. The smallest absolute Gasteiger partial charge is 0.475 e. The van der Waals surface area contributed by atoms with Gasteiger partial charge in [-0.1, -0.05) is 18.2 Å². The molecule has 1 saturated heterocycles. The summed E-state index contributed by atoms with van der Waals surface area (Å²) in [5.41, 5.74) is 0.918. The Morgan fingerprint density at radius 1 is 0.971 bits per heavy atom. The number of aliphatic carboxylic acids is 1. The molecule has 3 N–H and O–H groups in total. The number of halogens is 6. The second kappa shape index (κ2) is 10.4. The van der Waals surface area contributed by atoms with Gasteiger partial charge in [0.15, 0.2) is 11.5 Å². The Balaban J connectivity index is 0.000000429. The lowest BCUT2D eigenvalue weighted by molar-refractivity contribution is -0.192. The summed E-state index contributed by atoms with van der Waals surface area (Å²) in [5.74, 6) is -2.07. The SMILES string of the molecule is O=C(NCc1ccc2c(c1)OCO2)C1CNCC1c1ccc(C(F)(F)F)cc1.O=C(O)C(F)(F)F. The second-order valence-electron chi connectivity index (χ2n) is 7.70. The zero-order valence-corrected chi connectivity index (χ0v) is 17.9. The minimum atomic E-state index is -5.08. The van der Waals surface area contributed by atoms with E-state index in [0.717, 1.165) is 23.3 Å². The van der Waals surface area contributed by atoms with Crippen LogP contribution in [0.15, 0.2) is 42.5 Å². The van der Waals surface area contributed by atoms with Gasteiger partial charge in [0, 0.05) is 25.6 Å². The van der Waals surface area contributed by atoms with Crippen molar-refractivity contribution in [3.05, 3.63) is 59.2 Å². The number of carbonyl (C=O) groups is 2. The Morgan fingerprint density at radius 3 is 2.20 bits per heavy atom. The van der Waals surface area contributed by atoms with E-state index in [9.17, 15) is 31.1 Å². The predicted molar refractivity (Wildman–Crippen MR) is 109 cm³/mol. The first-order chi connectivity index (χ1) is 16.4. The molecule has 0 bridgehead atoms. The number of rotatable bonds is 4. The number of nitrogens with one attached hydrogen (secondary N) is 2. The molecule has 2 unspecified atom stereocenters. The zero-order valence-electron chi connectivity index (χ0n) is 17.9. The van der Waals surface area contributed by atoms with E-state index >= 15 is 0 Å². The third kappa shape index (κ3) is 6.78. The van der Waals surface area contributed by atoms with Crippen LogP contribution in [0.4, 0.5) is 26.3 Å². The van der Waals surface area contributed by atoms with Crippen molar-refractivity contribution < 1.29 is 50.5 Å². The fourth-order valence-corrected chi connectivity index (χ4v) is 3.59. The minimum absolute atomic E-state index is 0.132. The topological polar surface area (TPSA) is 96.9 Å². The molecule has 2 aliphatic rings. The molecule has 0 aliphatic carbocycles. The average Bonchev–Trinajstić information content (AvgIpc) is 3.46. The maximum Gasteiger partial charge on any atom is 0.490 e. The molecule has 7 nitrogen and oxygen atoms in total. The first-order valence-corrected chi connectivity index (χ1v) is 10.2. The van der Waals surface area contributed by atoms with E-state index in [0.29, 0.717) is 31.1 Å². The number of ether oxygens (including phenoxy) is 2. The summed E-state index contributed by atoms with van der Waals surface area (Å²) in [4.78, 5) is 21.6. The van der Waals surface area contributed by atoms with Gasteiger partial charge in [-0.15, -0.1) is 0 Å². The van der Waals surface area contributed by atoms with Crippen molar-refractivity contribution in [1.82, 2.24) is 10.6 Å². The van der Waals surface area contributed by atoms with Crippen LogP contribution < -0.4 is 20.1 Å². The molecule has 2 aliphatic heterocycles. The Bertz CT molecular complexity index is 1060. The lowest BCUT2D eigenvalue weighted by Crippen LogP contribution is -2.34. The molecule has 0 saturated carbocycles. The quantitative estimate of drug-likeness (QED) is 0.548. The van der Waals surface area contributed by atoms with Crippen LogP contribution in [-0.4, -0.2) is 43.0 Å². The van der Waals surface area contributed by atoms with Gasteiger partial charge in [0.2, 0.25) is 12.7 Å². The van der Waals surface area contributed by atoms with Crippen molar-refractivity contribution in [2.75, 3.05) is 19.9 Å². The highest BCUT2D eigenvalue weighted by Crippen LogP contribution is 2.34. The molecule has 35 heavy (non-hydrogen) atoms. The van der Waals surface area contributed by atoms with Crippen molar-refractivity contribution in [2.45, 2.75) is 24.8 Å². The van der Waals surface area contributed by atoms with Gasteiger partial charge in [0.05, 0.1) is 11.5 Å². The number of carboxylic acids is 1. The molecule has 2 aromatic rings. The predicted octanol–water partition coefficient (Wildman–Crippen LogP) is 3.69. The summed E-state index contributed by atoms with van der Waals surface area (Å²) in [6.45, 7) is 1.56. The molecule has 0 aromatic heterocycles. The van der Waals surface area contributed by atoms with E-state index in [1.807, 2.05) is 12.1 Å². The zero-order chi connectivity index (χ0) is 25.8. The van der Waals surface area contributed by atoms with Crippen LogP contribution in [0.1, 0.15) is 22.6 Å². The number of carbonyl (C=O) groups excluding carboxylic acids is 1. The third-order valence-electron chi connectivity index (χ3n) is 5.36. The molecular formula is C22H20F6N2O5. The molecule has 4 rings (SSSR count). The van der Waals surface area contributed by atoms with Gasteiger partial charge in [-0.25, -0.2) is 4.79 Å². The fraction of sp³-hybridized carbons (Fsp3) is 0.364. The molecule has 1 fully saturated rings. The van der Waals surface area contributed by atoms with Crippen molar-refractivity contribution in [2.24, 2.45) is 5.92 Å². The van der Waals surface area contributed by atoms with Gasteiger partial charge in [0.1, 0.15) is 0 Å². The molecular weight excluding hydrogens is 486 g/mol. The molecule has 2 aromatic carbocycles. The summed E-state index contributed by atoms with van der Waals surface area (Å²) >= 11 is 0. The van der Waals surface area contributed by atoms with Crippen LogP contribution in [0.2, 0.25) is 0 Å². The first kappa shape index (κ1) is 26.1. The first-order valence-electron chi connectivity index (χ1n) is 10.2. The fourth-order valence-electron chi connectivity index (χ4n) is 3.59. The number of carboxylic acid groups (broad SMARTS) is 1. The third-order valence-corrected chi connectivity index (χ3v) is 5.36. The average molecular weight is 506 g/mol. The van der Waals surface area contributed by atoms with Crippen molar-refractivity contribution in [3.8, 4) is 11.5 Å². The van der Waals surface area contributed by atoms with Crippen molar-refractivity contribution in [3.63, 3.8) is 0 Å². The summed E-state index contributed by atoms with van der Waals surface area (Å²) in [6, 6.07) is 10.5. The number of amides is 1. The molecule has 1 amide bonds. The van der Waals surface area contributed by atoms with Crippen LogP contribution in [0, 0.1) is 5.92 Å². The lowest BCUT2D eigenvalue weighted by Gasteiger charge is -2.19. The Morgan fingerprint density at radius 2 is 1.60 bits per heavy atom. The summed E-state index contributed by atoms with van der Waals surface area (Å²) in [5, 5.41) is 13.2. The van der Waals surface area contributed by atoms with Gasteiger partial charge in [0.25, 0.3) is 0 Å². The highest BCUT2D eigenvalue weighted by molar-refractivity contribution is 5.80. The van der Waals surface area contributed by atoms with Crippen LogP contribution in [-0.2, 0) is 22.3 Å². The number of hydrogen-bond donors (Lipinski definition) is 3. The van der Waals surface area contributed by atoms with Crippen molar-refractivity contribution in [1.29, 1.82) is 0 Å². The molecule has 2 heterocycles. The largest absolute Gasteiger partial charge is 0.490 e. The number of benzene rings is 2. The van der Waals surface area contributed by atoms with Crippen LogP contribution in [0.3, 0.4) is 0 Å². The maximum atomic E-state index is 12.8. The van der Waals surface area contributed by atoms with Crippen LogP contribution >= 0.6 is 0 Å². The summed E-state index contributed by atoms with van der Waals surface area (Å²) in [7, 11) is 0. The van der Waals surface area contributed by atoms with E-state index in [1.165, 1.54) is 12.1 Å². The van der Waals surface area contributed by atoms with Crippen molar-refractivity contribution >= 4 is 11.9 Å². The highest BCUT2D eigenvalue weighted by Gasteiger charge is 2.38. The molecule has 2 atom stereocenters. The number of fused-ring (bicyclic) bond motifs is 1. The highest BCUT2D eigenvalue weighted by atomic mass is 19.4. The number of alkyl halides is 6. The molecule has 0 spiro atoms. The Hall–Kier alpha value is -3.48. The van der Waals surface area contributed by atoms with E-state index in [2.05, 4.69) is 10.6 Å². The van der Waals surface area contributed by atoms with Gasteiger partial charge in [-0.2, -0.15) is 26.3 Å². The molecule has 13 heteroatoms. The van der Waals surface area contributed by atoms with Crippen LogP contribution in [0.5, 0.6) is 11.5 Å². The number of hydrogen-bond acceptors (Lipinski definition) is 5. The Kier molecular flexibility index (Phi) is 7.78.